The van der Waals surface area contributed by atoms with E-state index < -0.39 is 5.97 Å². The van der Waals surface area contributed by atoms with Crippen LogP contribution < -0.4 is 5.73 Å². The van der Waals surface area contributed by atoms with Crippen molar-refractivity contribution in [3.8, 4) is 0 Å². The van der Waals surface area contributed by atoms with E-state index in [9.17, 15) is 4.79 Å². The lowest BCUT2D eigenvalue weighted by atomic mass is 10.2. The molecule has 7 heteroatoms. The average molecular weight is 249 g/mol. The number of aryl methyl sites for hydroxylation is 3. The first-order valence-electron chi connectivity index (χ1n) is 5.69. The van der Waals surface area contributed by atoms with E-state index in [1.165, 1.54) is 4.68 Å². The van der Waals surface area contributed by atoms with Crippen molar-refractivity contribution in [2.45, 2.75) is 26.4 Å². The van der Waals surface area contributed by atoms with E-state index in [4.69, 9.17) is 10.8 Å². The van der Waals surface area contributed by atoms with Crippen LogP contribution in [0.1, 0.15) is 23.0 Å². The number of carbonyl (C=O) groups is 1. The molecule has 3 N–H and O–H groups in total. The highest BCUT2D eigenvalue weighted by Crippen LogP contribution is 2.17. The van der Waals surface area contributed by atoms with Gasteiger partial charge in [0.05, 0.1) is 18.8 Å². The zero-order valence-electron chi connectivity index (χ0n) is 10.1. The number of nitrogens with zero attached hydrogens (tertiary/aromatic N) is 4. The molecule has 0 fully saturated rings. The summed E-state index contributed by atoms with van der Waals surface area (Å²) in [5.74, 6) is -0.832. The van der Waals surface area contributed by atoms with Gasteiger partial charge >= 0.3 is 5.97 Å². The largest absolute Gasteiger partial charge is 0.477 e. The van der Waals surface area contributed by atoms with E-state index in [0.717, 1.165) is 0 Å². The van der Waals surface area contributed by atoms with Crippen molar-refractivity contribution in [2.24, 2.45) is 0 Å². The Balaban J connectivity index is 2.21. The molecule has 0 atom stereocenters. The average Bonchev–Trinajstić information content (AvgIpc) is 2.93. The van der Waals surface area contributed by atoms with E-state index in [2.05, 4.69) is 10.2 Å². The molecular weight excluding hydrogens is 234 g/mol. The van der Waals surface area contributed by atoms with Gasteiger partial charge < -0.3 is 10.8 Å². The van der Waals surface area contributed by atoms with Crippen LogP contribution in [-0.4, -0.2) is 30.6 Å². The van der Waals surface area contributed by atoms with Gasteiger partial charge in [0, 0.05) is 12.4 Å². The molecule has 0 radical (unpaired) electrons. The molecule has 2 aromatic heterocycles. The highest BCUT2D eigenvalue weighted by molar-refractivity contribution is 5.94. The molecule has 2 heterocycles. The fourth-order valence-corrected chi connectivity index (χ4v) is 1.81. The van der Waals surface area contributed by atoms with E-state index in [0.29, 0.717) is 25.2 Å². The first kappa shape index (κ1) is 12.2. The zero-order chi connectivity index (χ0) is 13.1. The van der Waals surface area contributed by atoms with Crippen LogP contribution in [0.15, 0.2) is 18.5 Å². The van der Waals surface area contributed by atoms with Gasteiger partial charge in [0.1, 0.15) is 11.4 Å². The van der Waals surface area contributed by atoms with Crippen molar-refractivity contribution < 1.29 is 9.90 Å². The molecule has 18 heavy (non-hydrogen) atoms. The maximum Gasteiger partial charge on any atom is 0.341 e. The second-order valence-electron chi connectivity index (χ2n) is 3.86. The van der Waals surface area contributed by atoms with E-state index in [1.807, 2.05) is 19.2 Å². The van der Waals surface area contributed by atoms with E-state index in [-0.39, 0.29) is 11.4 Å². The second kappa shape index (κ2) is 4.91. The van der Waals surface area contributed by atoms with Crippen LogP contribution >= 0.6 is 0 Å². The molecule has 0 aliphatic heterocycles. The van der Waals surface area contributed by atoms with Crippen LogP contribution in [0.25, 0.3) is 0 Å². The van der Waals surface area contributed by atoms with Crippen LogP contribution in [0.2, 0.25) is 0 Å². The molecule has 0 unspecified atom stereocenters. The number of aromatic nitrogens is 4. The quantitative estimate of drug-likeness (QED) is 0.809. The van der Waals surface area contributed by atoms with Crippen molar-refractivity contribution in [1.29, 1.82) is 0 Å². The molecule has 0 aliphatic carbocycles. The maximum atomic E-state index is 11.1. The maximum absolute atomic E-state index is 11.1. The summed E-state index contributed by atoms with van der Waals surface area (Å²) >= 11 is 0. The van der Waals surface area contributed by atoms with Gasteiger partial charge in [-0.3, -0.25) is 4.68 Å². The van der Waals surface area contributed by atoms with Crippen molar-refractivity contribution in [1.82, 2.24) is 19.6 Å². The van der Waals surface area contributed by atoms with Gasteiger partial charge in [0.2, 0.25) is 0 Å². The molecular formula is C11H15N5O2. The highest BCUT2D eigenvalue weighted by Gasteiger charge is 2.20. The number of carboxylic acid groups (broad SMARTS) is 1. The van der Waals surface area contributed by atoms with Crippen molar-refractivity contribution in [2.75, 3.05) is 5.73 Å². The molecule has 0 bridgehead atoms. The summed E-state index contributed by atoms with van der Waals surface area (Å²) in [4.78, 5) is 11.1. The molecule has 0 aromatic carbocycles. The SMILES string of the molecule is CCc1nn(CCn2cccn2)c(N)c1C(=O)O. The standard InChI is InChI=1S/C11H15N5O2/c1-2-8-9(11(17)18)10(12)16(14-8)7-6-15-5-3-4-13-15/h3-5H,2,6-7,12H2,1H3,(H,17,18). The molecule has 7 nitrogen and oxygen atoms in total. The first-order chi connectivity index (χ1) is 8.63. The summed E-state index contributed by atoms with van der Waals surface area (Å²) < 4.78 is 3.26. The molecule has 0 aliphatic rings. The third-order valence-corrected chi connectivity index (χ3v) is 2.71. The molecule has 96 valence electrons. The Bertz CT molecular complexity index is 544. The summed E-state index contributed by atoms with van der Waals surface area (Å²) in [5, 5.41) is 17.4. The topological polar surface area (TPSA) is 99.0 Å². The summed E-state index contributed by atoms with van der Waals surface area (Å²) in [6, 6.07) is 1.83. The number of anilines is 1. The van der Waals surface area contributed by atoms with Gasteiger partial charge in [-0.2, -0.15) is 10.2 Å². The van der Waals surface area contributed by atoms with Gasteiger partial charge in [0.25, 0.3) is 0 Å². The van der Waals surface area contributed by atoms with Crippen molar-refractivity contribution in [3.63, 3.8) is 0 Å². The molecule has 0 saturated carbocycles. The van der Waals surface area contributed by atoms with Gasteiger partial charge in [-0.1, -0.05) is 6.92 Å². The number of rotatable bonds is 5. The van der Waals surface area contributed by atoms with Gasteiger partial charge in [0.15, 0.2) is 0 Å². The molecule has 0 amide bonds. The highest BCUT2D eigenvalue weighted by atomic mass is 16.4. The monoisotopic (exact) mass is 249 g/mol. The Morgan fingerprint density at radius 2 is 2.28 bits per heavy atom. The number of carboxylic acids is 1. The minimum absolute atomic E-state index is 0.109. The van der Waals surface area contributed by atoms with Crippen LogP contribution in [-0.2, 0) is 19.5 Å². The Morgan fingerprint density at radius 1 is 1.50 bits per heavy atom. The Labute approximate surface area is 104 Å². The van der Waals surface area contributed by atoms with Gasteiger partial charge in [-0.25, -0.2) is 9.48 Å². The lowest BCUT2D eigenvalue weighted by Crippen LogP contribution is -2.12. The number of hydrogen-bond acceptors (Lipinski definition) is 4. The molecule has 2 rings (SSSR count). The van der Waals surface area contributed by atoms with Crippen LogP contribution in [0.4, 0.5) is 5.82 Å². The number of aromatic carboxylic acids is 1. The predicted molar refractivity (Wildman–Crippen MR) is 65.2 cm³/mol. The minimum atomic E-state index is -1.03. The van der Waals surface area contributed by atoms with Crippen LogP contribution in [0, 0.1) is 0 Å². The lowest BCUT2D eigenvalue weighted by Gasteiger charge is -2.04. The summed E-state index contributed by atoms with van der Waals surface area (Å²) in [6.07, 6.45) is 4.06. The van der Waals surface area contributed by atoms with Crippen LogP contribution in [0.3, 0.4) is 0 Å². The third kappa shape index (κ3) is 2.20. The fourth-order valence-electron chi connectivity index (χ4n) is 1.81. The summed E-state index contributed by atoms with van der Waals surface area (Å²) in [5.41, 5.74) is 6.43. The van der Waals surface area contributed by atoms with Crippen LogP contribution in [0.5, 0.6) is 0 Å². The first-order valence-corrected chi connectivity index (χ1v) is 5.69. The Kier molecular flexibility index (Phi) is 3.31. The Morgan fingerprint density at radius 3 is 2.78 bits per heavy atom. The van der Waals surface area contributed by atoms with Crippen molar-refractivity contribution >= 4 is 11.8 Å². The number of nitrogen functional groups attached to an aromatic ring is 1. The summed E-state index contributed by atoms with van der Waals surface area (Å²) in [6.45, 7) is 2.95. The van der Waals surface area contributed by atoms with E-state index >= 15 is 0 Å². The van der Waals surface area contributed by atoms with E-state index in [1.54, 1.807) is 10.9 Å². The molecule has 0 spiro atoms. The zero-order valence-corrected chi connectivity index (χ0v) is 10.1. The predicted octanol–water partition coefficient (Wildman–Crippen LogP) is 0.623. The van der Waals surface area contributed by atoms with Crippen molar-refractivity contribution in [3.05, 3.63) is 29.7 Å². The smallest absolute Gasteiger partial charge is 0.341 e. The summed E-state index contributed by atoms with van der Waals surface area (Å²) in [7, 11) is 0. The molecule has 2 aromatic rings. The fraction of sp³-hybridized carbons (Fsp3) is 0.364. The third-order valence-electron chi connectivity index (χ3n) is 2.71. The molecule has 0 saturated heterocycles. The Hall–Kier alpha value is -2.31. The number of nitrogens with two attached hydrogens (primary N) is 1. The van der Waals surface area contributed by atoms with Gasteiger partial charge in [-0.05, 0) is 12.5 Å². The van der Waals surface area contributed by atoms with Gasteiger partial charge in [-0.15, -0.1) is 0 Å². The minimum Gasteiger partial charge on any atom is -0.477 e. The normalized spacial score (nSPS) is 10.7. The lowest BCUT2D eigenvalue weighted by molar-refractivity contribution is 0.0697. The number of hydrogen-bond donors (Lipinski definition) is 2. The second-order valence-corrected chi connectivity index (χ2v) is 3.86.